The van der Waals surface area contributed by atoms with Gasteiger partial charge in [-0.25, -0.2) is 16.8 Å². The molecular weight excluding hydrogens is 378 g/mol. The molecule has 1 fully saturated rings. The predicted octanol–water partition coefficient (Wildman–Crippen LogP) is 1.86. The van der Waals surface area contributed by atoms with Crippen LogP contribution in [0.2, 0.25) is 0 Å². The van der Waals surface area contributed by atoms with Crippen molar-refractivity contribution in [3.05, 3.63) is 54.0 Å². The van der Waals surface area contributed by atoms with Crippen LogP contribution < -0.4 is 0 Å². The molecule has 0 aliphatic carbocycles. The highest BCUT2D eigenvalue weighted by Crippen LogP contribution is 2.27. The summed E-state index contributed by atoms with van der Waals surface area (Å²) in [4.78, 5) is 11.4. The van der Waals surface area contributed by atoms with E-state index >= 15 is 0 Å². The summed E-state index contributed by atoms with van der Waals surface area (Å²) in [6.45, 7) is 1.35. The van der Waals surface area contributed by atoms with Gasteiger partial charge in [0.1, 0.15) is 5.76 Å². The minimum absolute atomic E-state index is 0.0124. The molecule has 9 heteroatoms. The van der Waals surface area contributed by atoms with E-state index in [1.165, 1.54) is 41.8 Å². The molecule has 0 spiro atoms. The van der Waals surface area contributed by atoms with Gasteiger partial charge in [-0.3, -0.25) is 4.79 Å². The van der Waals surface area contributed by atoms with Crippen LogP contribution in [0.4, 0.5) is 0 Å². The molecule has 26 heavy (non-hydrogen) atoms. The predicted molar refractivity (Wildman–Crippen MR) is 94.9 cm³/mol. The zero-order valence-corrected chi connectivity index (χ0v) is 15.8. The number of sulfonamides is 1. The number of nitrogens with zero attached hydrogens (tertiary/aromatic N) is 1. The lowest BCUT2D eigenvalue weighted by Gasteiger charge is -2.26. The number of sulfone groups is 1. The third-order valence-electron chi connectivity index (χ3n) is 4.37. The quantitative estimate of drug-likeness (QED) is 0.690. The van der Waals surface area contributed by atoms with Gasteiger partial charge in [0.2, 0.25) is 10.0 Å². The second kappa shape index (κ2) is 6.98. The zero-order chi connectivity index (χ0) is 18.9. The largest absolute Gasteiger partial charge is 0.468 e. The number of carbonyl (C=O) groups excluding carboxylic acids is 1. The third-order valence-corrected chi connectivity index (χ3v) is 8.04. The van der Waals surface area contributed by atoms with Crippen LogP contribution in [0.15, 0.2) is 52.0 Å². The number of benzene rings is 1. The lowest BCUT2D eigenvalue weighted by molar-refractivity contribution is 0.101. The maximum atomic E-state index is 13.1. The zero-order valence-electron chi connectivity index (χ0n) is 14.2. The van der Waals surface area contributed by atoms with Crippen LogP contribution >= 0.6 is 0 Å². The molecule has 3 rings (SSSR count). The second-order valence-electron chi connectivity index (χ2n) is 6.27. The second-order valence-corrected chi connectivity index (χ2v) is 10.4. The average molecular weight is 397 g/mol. The van der Waals surface area contributed by atoms with E-state index < -0.39 is 25.9 Å². The van der Waals surface area contributed by atoms with E-state index in [0.29, 0.717) is 11.3 Å². The maximum Gasteiger partial charge on any atom is 0.243 e. The first-order chi connectivity index (χ1) is 12.2. The first-order valence-electron chi connectivity index (χ1n) is 8.05. The number of hydrogen-bond acceptors (Lipinski definition) is 6. The molecule has 1 aliphatic rings. The van der Waals surface area contributed by atoms with Crippen LogP contribution in [0.5, 0.6) is 0 Å². The minimum atomic E-state index is -3.96. The Balaban J connectivity index is 1.97. The number of hydrogen-bond donors (Lipinski definition) is 0. The van der Waals surface area contributed by atoms with Gasteiger partial charge in [0.15, 0.2) is 15.6 Å². The lowest BCUT2D eigenvalue weighted by atomic mass is 10.2. The standard InChI is InChI=1S/C17H19NO6S2/c1-13(19)14-4-6-17(7-5-14)26(22,23)18(11-16-3-2-9-24-16)15-8-10-25(20,21)12-15/h2-7,9,15H,8,10-12H2,1H3/t15-/m0/s1. The molecule has 0 amide bonds. The summed E-state index contributed by atoms with van der Waals surface area (Å²) >= 11 is 0. The van der Waals surface area contributed by atoms with Crippen LogP contribution in [0.1, 0.15) is 29.5 Å². The summed E-state index contributed by atoms with van der Waals surface area (Å²) in [6.07, 6.45) is 1.68. The molecule has 2 aromatic rings. The number of carbonyl (C=O) groups is 1. The number of furan rings is 1. The van der Waals surface area contributed by atoms with E-state index in [2.05, 4.69) is 0 Å². The van der Waals surface area contributed by atoms with Crippen LogP contribution in [0.25, 0.3) is 0 Å². The molecule has 0 saturated carbocycles. The molecule has 1 saturated heterocycles. The van der Waals surface area contributed by atoms with Gasteiger partial charge < -0.3 is 4.42 Å². The fourth-order valence-corrected chi connectivity index (χ4v) is 6.41. The molecule has 0 radical (unpaired) electrons. The van der Waals surface area contributed by atoms with E-state index in [9.17, 15) is 21.6 Å². The summed E-state index contributed by atoms with van der Waals surface area (Å²) in [5, 5.41) is 0. The Bertz CT molecular complexity index is 992. The van der Waals surface area contributed by atoms with Gasteiger partial charge in [-0.1, -0.05) is 12.1 Å². The Hall–Kier alpha value is -1.97. The molecule has 1 aromatic carbocycles. The molecule has 1 atom stereocenters. The monoisotopic (exact) mass is 397 g/mol. The first-order valence-corrected chi connectivity index (χ1v) is 11.3. The van der Waals surface area contributed by atoms with Gasteiger partial charge in [-0.05, 0) is 37.6 Å². The molecule has 1 aliphatic heterocycles. The fourth-order valence-electron chi connectivity index (χ4n) is 2.97. The number of ketones is 1. The van der Waals surface area contributed by atoms with Crippen molar-refractivity contribution in [1.82, 2.24) is 4.31 Å². The van der Waals surface area contributed by atoms with Crippen molar-refractivity contribution >= 4 is 25.6 Å². The molecule has 0 N–H and O–H groups in total. The SMILES string of the molecule is CC(=O)c1ccc(S(=O)(=O)N(Cc2ccco2)[C@H]2CCS(=O)(=O)C2)cc1. The molecule has 0 bridgehead atoms. The van der Waals surface area contributed by atoms with Crippen molar-refractivity contribution in [3.63, 3.8) is 0 Å². The van der Waals surface area contributed by atoms with E-state index in [0.717, 1.165) is 0 Å². The van der Waals surface area contributed by atoms with Crippen LogP contribution in [0.3, 0.4) is 0 Å². The number of rotatable bonds is 6. The Morgan fingerprint density at radius 2 is 1.92 bits per heavy atom. The van der Waals surface area contributed by atoms with Gasteiger partial charge in [0.25, 0.3) is 0 Å². The van der Waals surface area contributed by atoms with Gasteiger partial charge in [0, 0.05) is 11.6 Å². The summed E-state index contributed by atoms with van der Waals surface area (Å²) in [6, 6.07) is 8.27. The highest BCUT2D eigenvalue weighted by atomic mass is 32.2. The Morgan fingerprint density at radius 3 is 2.42 bits per heavy atom. The van der Waals surface area contributed by atoms with Crippen molar-refractivity contribution in [3.8, 4) is 0 Å². The van der Waals surface area contributed by atoms with E-state index in [-0.39, 0.29) is 35.2 Å². The minimum Gasteiger partial charge on any atom is -0.468 e. The van der Waals surface area contributed by atoms with E-state index in [1.54, 1.807) is 12.1 Å². The van der Waals surface area contributed by atoms with Crippen LogP contribution in [0, 0.1) is 0 Å². The highest BCUT2D eigenvalue weighted by molar-refractivity contribution is 7.92. The molecule has 2 heterocycles. The third kappa shape index (κ3) is 3.89. The smallest absolute Gasteiger partial charge is 0.243 e. The molecule has 140 valence electrons. The van der Waals surface area contributed by atoms with E-state index in [4.69, 9.17) is 4.42 Å². The van der Waals surface area contributed by atoms with Crippen molar-refractivity contribution in [1.29, 1.82) is 0 Å². The Morgan fingerprint density at radius 1 is 1.23 bits per heavy atom. The van der Waals surface area contributed by atoms with Crippen molar-refractivity contribution in [2.75, 3.05) is 11.5 Å². The summed E-state index contributed by atoms with van der Waals surface area (Å²) in [5.41, 5.74) is 0.407. The molecule has 7 nitrogen and oxygen atoms in total. The van der Waals surface area contributed by atoms with Gasteiger partial charge >= 0.3 is 0 Å². The van der Waals surface area contributed by atoms with E-state index in [1.807, 2.05) is 0 Å². The number of Topliss-reactive ketones (excluding diaryl/α,β-unsaturated/α-hetero) is 1. The van der Waals surface area contributed by atoms with Crippen molar-refractivity contribution in [2.45, 2.75) is 30.8 Å². The van der Waals surface area contributed by atoms with Gasteiger partial charge in [0.05, 0.1) is 29.2 Å². The topological polar surface area (TPSA) is 102 Å². The Labute approximate surface area is 152 Å². The summed E-state index contributed by atoms with van der Waals surface area (Å²) < 4.78 is 56.4. The van der Waals surface area contributed by atoms with Gasteiger partial charge in [-0.2, -0.15) is 4.31 Å². The summed E-state index contributed by atoms with van der Waals surface area (Å²) in [7, 11) is -7.22. The molecular formula is C17H19NO6S2. The highest BCUT2D eigenvalue weighted by Gasteiger charge is 2.39. The fraction of sp³-hybridized carbons (Fsp3) is 0.353. The molecule has 0 unspecified atom stereocenters. The maximum absolute atomic E-state index is 13.1. The van der Waals surface area contributed by atoms with Gasteiger partial charge in [-0.15, -0.1) is 0 Å². The lowest BCUT2D eigenvalue weighted by Crippen LogP contribution is -2.40. The first kappa shape index (κ1) is 18.8. The summed E-state index contributed by atoms with van der Waals surface area (Å²) in [5.74, 6) is 0.0188. The average Bonchev–Trinajstić information content (AvgIpc) is 3.21. The van der Waals surface area contributed by atoms with Crippen LogP contribution in [-0.4, -0.2) is 44.5 Å². The van der Waals surface area contributed by atoms with Crippen LogP contribution in [-0.2, 0) is 26.4 Å². The molecule has 1 aromatic heterocycles. The Kier molecular flexibility index (Phi) is 5.05. The normalized spacial score (nSPS) is 19.7. The van der Waals surface area contributed by atoms with Crippen molar-refractivity contribution < 1.29 is 26.0 Å². The van der Waals surface area contributed by atoms with Crippen molar-refractivity contribution in [2.24, 2.45) is 0 Å².